The summed E-state index contributed by atoms with van der Waals surface area (Å²) < 4.78 is 7.06. The molecule has 0 aliphatic heterocycles. The summed E-state index contributed by atoms with van der Waals surface area (Å²) in [6, 6.07) is 7.60. The molecule has 0 bridgehead atoms. The third-order valence-electron chi connectivity index (χ3n) is 2.85. The third-order valence-corrected chi connectivity index (χ3v) is 3.13. The SMILES string of the molecule is CC(C)(C)OC(=O)c1nc2nc3ccccc3n2cc1Cl. The predicted molar refractivity (Wildman–Crippen MR) is 80.7 cm³/mol. The van der Waals surface area contributed by atoms with E-state index in [0.29, 0.717) is 5.78 Å². The molecule has 0 N–H and O–H groups in total. The first kappa shape index (κ1) is 13.8. The van der Waals surface area contributed by atoms with Crippen LogP contribution in [0.2, 0.25) is 5.02 Å². The van der Waals surface area contributed by atoms with E-state index in [-0.39, 0.29) is 10.7 Å². The van der Waals surface area contributed by atoms with Gasteiger partial charge in [0.05, 0.1) is 16.1 Å². The van der Waals surface area contributed by atoms with Crippen LogP contribution < -0.4 is 0 Å². The van der Waals surface area contributed by atoms with Crippen LogP contribution in [0, 0.1) is 0 Å². The summed E-state index contributed by atoms with van der Waals surface area (Å²) in [4.78, 5) is 20.8. The van der Waals surface area contributed by atoms with E-state index in [1.807, 2.05) is 24.3 Å². The Morgan fingerprint density at radius 3 is 2.67 bits per heavy atom. The Morgan fingerprint density at radius 1 is 1.24 bits per heavy atom. The zero-order valence-corrected chi connectivity index (χ0v) is 12.7. The first-order chi connectivity index (χ1) is 9.85. The molecule has 6 heteroatoms. The topological polar surface area (TPSA) is 56.5 Å². The Labute approximate surface area is 126 Å². The van der Waals surface area contributed by atoms with Crippen LogP contribution in [0.1, 0.15) is 31.3 Å². The number of nitrogens with zero attached hydrogens (tertiary/aromatic N) is 3. The average Bonchev–Trinajstić information content (AvgIpc) is 2.73. The van der Waals surface area contributed by atoms with Crippen molar-refractivity contribution in [3.05, 3.63) is 41.2 Å². The lowest BCUT2D eigenvalue weighted by molar-refractivity contribution is 0.00632. The Balaban J connectivity index is 2.15. The van der Waals surface area contributed by atoms with E-state index in [1.165, 1.54) is 0 Å². The smallest absolute Gasteiger partial charge is 0.359 e. The molecule has 0 saturated heterocycles. The minimum absolute atomic E-state index is 0.0781. The van der Waals surface area contributed by atoms with Crippen molar-refractivity contribution in [2.75, 3.05) is 0 Å². The second-order valence-corrected chi connectivity index (χ2v) is 6.12. The summed E-state index contributed by atoms with van der Waals surface area (Å²) in [5, 5.41) is 0.236. The summed E-state index contributed by atoms with van der Waals surface area (Å²) in [5.74, 6) is -0.136. The van der Waals surface area contributed by atoms with Crippen LogP contribution in [-0.2, 0) is 4.74 Å². The zero-order valence-electron chi connectivity index (χ0n) is 11.9. The fourth-order valence-corrected chi connectivity index (χ4v) is 2.25. The van der Waals surface area contributed by atoms with Gasteiger partial charge in [-0.3, -0.25) is 4.40 Å². The second-order valence-electron chi connectivity index (χ2n) is 5.71. The molecule has 2 aromatic heterocycles. The highest BCUT2D eigenvalue weighted by molar-refractivity contribution is 6.33. The van der Waals surface area contributed by atoms with Crippen molar-refractivity contribution in [2.45, 2.75) is 26.4 Å². The van der Waals surface area contributed by atoms with E-state index in [0.717, 1.165) is 11.0 Å². The Hall–Kier alpha value is -2.14. The highest BCUT2D eigenvalue weighted by Gasteiger charge is 2.22. The molecule has 0 spiro atoms. The number of hydrogen-bond donors (Lipinski definition) is 0. The van der Waals surface area contributed by atoms with Crippen molar-refractivity contribution in [3.8, 4) is 0 Å². The molecular formula is C15H14ClN3O2. The van der Waals surface area contributed by atoms with Gasteiger partial charge in [-0.1, -0.05) is 23.7 Å². The third kappa shape index (κ3) is 2.56. The Bertz CT molecular complexity index is 849. The minimum atomic E-state index is -0.603. The number of benzene rings is 1. The van der Waals surface area contributed by atoms with Gasteiger partial charge in [0.25, 0.3) is 0 Å². The molecule has 0 aliphatic carbocycles. The van der Waals surface area contributed by atoms with Gasteiger partial charge in [-0.25, -0.2) is 14.8 Å². The number of esters is 1. The molecule has 3 aromatic rings. The maximum atomic E-state index is 12.1. The van der Waals surface area contributed by atoms with Crippen LogP contribution in [0.3, 0.4) is 0 Å². The predicted octanol–water partition coefficient (Wildman–Crippen LogP) is 3.49. The molecule has 0 radical (unpaired) electrons. The summed E-state index contributed by atoms with van der Waals surface area (Å²) >= 11 is 6.17. The first-order valence-corrected chi connectivity index (χ1v) is 6.90. The number of para-hydroxylation sites is 2. The number of halogens is 1. The molecule has 0 amide bonds. The highest BCUT2D eigenvalue weighted by atomic mass is 35.5. The number of ether oxygens (including phenoxy) is 1. The molecule has 108 valence electrons. The van der Waals surface area contributed by atoms with Crippen molar-refractivity contribution in [1.29, 1.82) is 0 Å². The van der Waals surface area contributed by atoms with Gasteiger partial charge in [-0.15, -0.1) is 0 Å². The van der Waals surface area contributed by atoms with E-state index in [1.54, 1.807) is 31.4 Å². The summed E-state index contributed by atoms with van der Waals surface area (Å²) in [6.07, 6.45) is 1.64. The van der Waals surface area contributed by atoms with E-state index < -0.39 is 11.6 Å². The molecule has 2 heterocycles. The van der Waals surface area contributed by atoms with Gasteiger partial charge in [-0.2, -0.15) is 0 Å². The number of carbonyl (C=O) groups is 1. The molecule has 0 saturated carbocycles. The molecule has 3 rings (SSSR count). The fraction of sp³-hybridized carbons (Fsp3) is 0.267. The molecule has 0 fully saturated rings. The van der Waals surface area contributed by atoms with Crippen molar-refractivity contribution in [3.63, 3.8) is 0 Å². The van der Waals surface area contributed by atoms with Crippen molar-refractivity contribution < 1.29 is 9.53 Å². The molecule has 1 aromatic carbocycles. The quantitative estimate of drug-likeness (QED) is 0.646. The van der Waals surface area contributed by atoms with Gasteiger partial charge in [0.1, 0.15) is 5.60 Å². The second kappa shape index (κ2) is 4.70. The average molecular weight is 304 g/mol. The largest absolute Gasteiger partial charge is 0.455 e. The number of imidazole rings is 1. The van der Waals surface area contributed by atoms with Crippen molar-refractivity contribution in [1.82, 2.24) is 14.4 Å². The number of hydrogen-bond acceptors (Lipinski definition) is 4. The number of fused-ring (bicyclic) bond motifs is 3. The summed E-state index contributed by atoms with van der Waals surface area (Å²) in [6.45, 7) is 5.38. The molecule has 0 atom stereocenters. The molecule has 21 heavy (non-hydrogen) atoms. The van der Waals surface area contributed by atoms with Crippen molar-refractivity contribution >= 4 is 34.4 Å². The van der Waals surface area contributed by atoms with Gasteiger partial charge >= 0.3 is 5.97 Å². The highest BCUT2D eigenvalue weighted by Crippen LogP contribution is 2.22. The maximum Gasteiger partial charge on any atom is 0.359 e. The van der Waals surface area contributed by atoms with E-state index in [4.69, 9.17) is 16.3 Å². The number of rotatable bonds is 1. The van der Waals surface area contributed by atoms with Gasteiger partial charge < -0.3 is 4.74 Å². The first-order valence-electron chi connectivity index (χ1n) is 6.52. The molecule has 5 nitrogen and oxygen atoms in total. The number of carbonyl (C=O) groups excluding carboxylic acids is 1. The van der Waals surface area contributed by atoms with Crippen LogP contribution in [0.15, 0.2) is 30.5 Å². The van der Waals surface area contributed by atoms with Gasteiger partial charge in [0.2, 0.25) is 5.78 Å². The number of aromatic nitrogens is 3. The van der Waals surface area contributed by atoms with Crippen LogP contribution in [0.5, 0.6) is 0 Å². The molecule has 0 unspecified atom stereocenters. The molecular weight excluding hydrogens is 290 g/mol. The lowest BCUT2D eigenvalue weighted by atomic mass is 10.2. The zero-order chi connectivity index (χ0) is 15.2. The van der Waals surface area contributed by atoms with Crippen LogP contribution in [0.25, 0.3) is 16.8 Å². The van der Waals surface area contributed by atoms with Gasteiger partial charge in [0.15, 0.2) is 5.69 Å². The Kier molecular flexibility index (Phi) is 3.10. The van der Waals surface area contributed by atoms with Gasteiger partial charge in [0, 0.05) is 6.20 Å². The lowest BCUT2D eigenvalue weighted by Crippen LogP contribution is -2.24. The lowest BCUT2D eigenvalue weighted by Gasteiger charge is -2.19. The maximum absolute atomic E-state index is 12.1. The summed E-state index contributed by atoms with van der Waals surface area (Å²) in [7, 11) is 0. The minimum Gasteiger partial charge on any atom is -0.455 e. The van der Waals surface area contributed by atoms with Crippen molar-refractivity contribution in [2.24, 2.45) is 0 Å². The van der Waals surface area contributed by atoms with Crippen LogP contribution in [0.4, 0.5) is 0 Å². The van der Waals surface area contributed by atoms with E-state index >= 15 is 0 Å². The fourth-order valence-electron chi connectivity index (χ4n) is 2.04. The van der Waals surface area contributed by atoms with Crippen LogP contribution >= 0.6 is 11.6 Å². The van der Waals surface area contributed by atoms with E-state index in [2.05, 4.69) is 9.97 Å². The molecule has 0 aliphatic rings. The standard InChI is InChI=1S/C15H14ClN3O2/c1-15(2,3)21-13(20)12-9(16)8-19-11-7-5-4-6-10(11)17-14(19)18-12/h4-8H,1-3H3. The van der Waals surface area contributed by atoms with Gasteiger partial charge in [-0.05, 0) is 32.9 Å². The van der Waals surface area contributed by atoms with Crippen LogP contribution in [-0.4, -0.2) is 25.9 Å². The Morgan fingerprint density at radius 2 is 1.95 bits per heavy atom. The summed E-state index contributed by atoms with van der Waals surface area (Å²) in [5.41, 5.74) is 1.16. The van der Waals surface area contributed by atoms with E-state index in [9.17, 15) is 4.79 Å². The normalized spacial score (nSPS) is 12.0. The monoisotopic (exact) mass is 303 g/mol.